The first kappa shape index (κ1) is 22.5. The first-order valence-corrected chi connectivity index (χ1v) is 10.0. The first-order valence-electron chi connectivity index (χ1n) is 9.63. The highest BCUT2D eigenvalue weighted by atomic mass is 35.5. The van der Waals surface area contributed by atoms with Crippen LogP contribution in [-0.2, 0) is 16.2 Å². The zero-order valence-corrected chi connectivity index (χ0v) is 17.7. The molecule has 3 aromatic carbocycles. The second kappa shape index (κ2) is 11.3. The number of amides is 2. The average molecular weight is 447 g/mol. The quantitative estimate of drug-likeness (QED) is 0.306. The summed E-state index contributed by atoms with van der Waals surface area (Å²) >= 11 is 5.99. The molecule has 2 N–H and O–H groups in total. The summed E-state index contributed by atoms with van der Waals surface area (Å²) in [7, 11) is 0. The maximum atomic E-state index is 12.0. The van der Waals surface area contributed by atoms with Crippen molar-refractivity contribution in [3.8, 4) is 11.8 Å². The molecule has 160 valence electrons. The largest absolute Gasteiger partial charge is 0.488 e. The molecule has 8 heteroatoms. The van der Waals surface area contributed by atoms with Gasteiger partial charge < -0.3 is 10.1 Å². The lowest BCUT2D eigenvalue weighted by Gasteiger charge is -2.10. The van der Waals surface area contributed by atoms with E-state index in [1.807, 2.05) is 12.1 Å². The Hall–Kier alpha value is -4.15. The van der Waals surface area contributed by atoms with E-state index >= 15 is 0 Å². The minimum Gasteiger partial charge on any atom is -0.488 e. The van der Waals surface area contributed by atoms with Crippen molar-refractivity contribution in [2.75, 3.05) is 5.32 Å². The van der Waals surface area contributed by atoms with Crippen LogP contribution in [0.3, 0.4) is 0 Å². The molecular formula is C24H19ClN4O3. The number of benzene rings is 3. The van der Waals surface area contributed by atoms with Gasteiger partial charge in [-0.2, -0.15) is 10.4 Å². The summed E-state index contributed by atoms with van der Waals surface area (Å²) in [6, 6.07) is 23.2. The number of para-hydroxylation sites is 2. The van der Waals surface area contributed by atoms with Gasteiger partial charge in [-0.25, -0.2) is 5.43 Å². The Kier molecular flexibility index (Phi) is 7.96. The summed E-state index contributed by atoms with van der Waals surface area (Å²) in [5.74, 6) is -0.549. The molecule has 0 spiro atoms. The first-order chi connectivity index (χ1) is 15.6. The fraction of sp³-hybridized carbons (Fsp3) is 0.0833. The number of ether oxygens (including phenoxy) is 1. The Morgan fingerprint density at radius 1 is 1.00 bits per heavy atom. The molecule has 0 aliphatic carbocycles. The lowest BCUT2D eigenvalue weighted by molar-refractivity contribution is -0.126. The highest BCUT2D eigenvalue weighted by molar-refractivity contribution is 6.33. The highest BCUT2D eigenvalue weighted by Crippen LogP contribution is 2.21. The summed E-state index contributed by atoms with van der Waals surface area (Å²) in [6.07, 6.45) is 1.01. The molecule has 2 amide bonds. The molecule has 3 rings (SSSR count). The van der Waals surface area contributed by atoms with Gasteiger partial charge in [0, 0.05) is 11.1 Å². The minimum absolute atomic E-state index is 0.211. The Morgan fingerprint density at radius 2 is 1.72 bits per heavy atom. The summed E-state index contributed by atoms with van der Waals surface area (Å²) in [5.41, 5.74) is 4.68. The fourth-order valence-electron chi connectivity index (χ4n) is 2.75. The second-order valence-electron chi connectivity index (χ2n) is 6.59. The lowest BCUT2D eigenvalue weighted by Crippen LogP contribution is -2.24. The van der Waals surface area contributed by atoms with Crippen LogP contribution in [0.25, 0.3) is 0 Å². The van der Waals surface area contributed by atoms with Gasteiger partial charge in [-0.1, -0.05) is 54.1 Å². The van der Waals surface area contributed by atoms with Crippen LogP contribution in [-0.4, -0.2) is 18.0 Å². The monoisotopic (exact) mass is 446 g/mol. The smallest absolute Gasteiger partial charge is 0.249 e. The van der Waals surface area contributed by atoms with Crippen LogP contribution in [0.1, 0.15) is 23.1 Å². The number of anilines is 1. The second-order valence-corrected chi connectivity index (χ2v) is 7.00. The van der Waals surface area contributed by atoms with Crippen LogP contribution >= 0.6 is 11.6 Å². The molecule has 0 bridgehead atoms. The third-order valence-corrected chi connectivity index (χ3v) is 4.63. The van der Waals surface area contributed by atoms with E-state index in [-0.39, 0.29) is 6.61 Å². The van der Waals surface area contributed by atoms with Crippen LogP contribution in [0.5, 0.6) is 5.75 Å². The van der Waals surface area contributed by atoms with Gasteiger partial charge in [-0.05, 0) is 30.3 Å². The molecular weight excluding hydrogens is 428 g/mol. The molecule has 0 saturated carbocycles. The summed E-state index contributed by atoms with van der Waals surface area (Å²) in [5, 5.41) is 16.1. The van der Waals surface area contributed by atoms with E-state index in [2.05, 4.69) is 21.9 Å². The van der Waals surface area contributed by atoms with Gasteiger partial charge in [-0.3, -0.25) is 9.59 Å². The van der Waals surface area contributed by atoms with Crippen molar-refractivity contribution in [1.29, 1.82) is 5.26 Å². The van der Waals surface area contributed by atoms with E-state index in [0.29, 0.717) is 27.6 Å². The van der Waals surface area contributed by atoms with Crippen molar-refractivity contribution in [2.24, 2.45) is 5.10 Å². The number of rotatable bonds is 8. The molecule has 0 saturated heterocycles. The van der Waals surface area contributed by atoms with Crippen molar-refractivity contribution in [2.45, 2.75) is 13.0 Å². The number of halogens is 1. The number of nitriles is 1. The summed E-state index contributed by atoms with van der Waals surface area (Å²) in [6.45, 7) is 0.211. The molecule has 0 aliphatic rings. The third-order valence-electron chi connectivity index (χ3n) is 4.30. The molecule has 7 nitrogen and oxygen atoms in total. The van der Waals surface area contributed by atoms with Gasteiger partial charge in [0.15, 0.2) is 0 Å². The SMILES string of the molecule is N#Cc1ccccc1COc1ccccc1C=NNC(=O)CC(=O)Nc1ccccc1Cl. The van der Waals surface area contributed by atoms with Crippen LogP contribution < -0.4 is 15.5 Å². The molecule has 0 fully saturated rings. The van der Waals surface area contributed by atoms with Crippen LogP contribution in [0, 0.1) is 11.3 Å². The molecule has 0 unspecified atom stereocenters. The van der Waals surface area contributed by atoms with Crippen molar-refractivity contribution in [3.63, 3.8) is 0 Å². The van der Waals surface area contributed by atoms with E-state index in [9.17, 15) is 14.9 Å². The molecule has 0 heterocycles. The van der Waals surface area contributed by atoms with Crippen LogP contribution in [0.15, 0.2) is 77.9 Å². The zero-order chi connectivity index (χ0) is 22.8. The predicted molar refractivity (Wildman–Crippen MR) is 122 cm³/mol. The Bertz CT molecular complexity index is 1190. The number of hydrogen-bond donors (Lipinski definition) is 2. The standard InChI is InChI=1S/C24H19ClN4O3/c25-20-10-4-5-11-21(20)28-23(30)13-24(31)29-27-15-18-8-3-6-12-22(18)32-16-19-9-2-1-7-17(19)14-26/h1-12,15H,13,16H2,(H,28,30)(H,29,31). The Labute approximate surface area is 190 Å². The van der Waals surface area contributed by atoms with Gasteiger partial charge in [0.05, 0.1) is 28.6 Å². The molecule has 0 atom stereocenters. The van der Waals surface area contributed by atoms with Gasteiger partial charge in [0.2, 0.25) is 11.8 Å². The zero-order valence-electron chi connectivity index (χ0n) is 16.9. The maximum absolute atomic E-state index is 12.0. The van der Waals surface area contributed by atoms with E-state index in [4.69, 9.17) is 16.3 Å². The van der Waals surface area contributed by atoms with Crippen molar-refractivity contribution in [1.82, 2.24) is 5.43 Å². The van der Waals surface area contributed by atoms with Crippen molar-refractivity contribution >= 4 is 35.3 Å². The number of hydrazone groups is 1. The number of carbonyl (C=O) groups excluding carboxylic acids is 2. The molecule has 32 heavy (non-hydrogen) atoms. The Morgan fingerprint density at radius 3 is 2.53 bits per heavy atom. The van der Waals surface area contributed by atoms with Crippen LogP contribution in [0.2, 0.25) is 5.02 Å². The van der Waals surface area contributed by atoms with E-state index in [1.165, 1.54) is 6.21 Å². The number of carbonyl (C=O) groups is 2. The highest BCUT2D eigenvalue weighted by Gasteiger charge is 2.11. The predicted octanol–water partition coefficient (Wildman–Crippen LogP) is 4.27. The lowest BCUT2D eigenvalue weighted by atomic mass is 10.1. The summed E-state index contributed by atoms with van der Waals surface area (Å²) < 4.78 is 5.83. The molecule has 3 aromatic rings. The van der Waals surface area contributed by atoms with E-state index < -0.39 is 18.2 Å². The average Bonchev–Trinajstić information content (AvgIpc) is 2.80. The van der Waals surface area contributed by atoms with Crippen LogP contribution in [0.4, 0.5) is 5.69 Å². The van der Waals surface area contributed by atoms with Gasteiger partial charge in [-0.15, -0.1) is 0 Å². The fourth-order valence-corrected chi connectivity index (χ4v) is 2.93. The van der Waals surface area contributed by atoms with Gasteiger partial charge in [0.25, 0.3) is 0 Å². The molecule has 0 aliphatic heterocycles. The maximum Gasteiger partial charge on any atom is 0.249 e. The number of nitrogens with one attached hydrogen (secondary N) is 2. The number of hydrogen-bond acceptors (Lipinski definition) is 5. The number of nitrogens with zero attached hydrogens (tertiary/aromatic N) is 2. The van der Waals surface area contributed by atoms with Gasteiger partial charge >= 0.3 is 0 Å². The summed E-state index contributed by atoms with van der Waals surface area (Å²) in [4.78, 5) is 24.0. The van der Waals surface area contributed by atoms with E-state index in [0.717, 1.165) is 5.56 Å². The minimum atomic E-state index is -0.577. The Balaban J connectivity index is 1.55. The molecule has 0 aromatic heterocycles. The van der Waals surface area contributed by atoms with E-state index in [1.54, 1.807) is 60.7 Å². The van der Waals surface area contributed by atoms with Gasteiger partial charge in [0.1, 0.15) is 18.8 Å². The molecule has 0 radical (unpaired) electrons. The third kappa shape index (κ3) is 6.42. The van der Waals surface area contributed by atoms with Crippen molar-refractivity contribution < 1.29 is 14.3 Å². The normalized spacial score (nSPS) is 10.4. The van der Waals surface area contributed by atoms with Crippen molar-refractivity contribution in [3.05, 3.63) is 94.5 Å². The topological polar surface area (TPSA) is 104 Å².